The zero-order valence-corrected chi connectivity index (χ0v) is 62.8. The van der Waals surface area contributed by atoms with Gasteiger partial charge in [0, 0.05) is 12.8 Å². The Bertz CT molecular complexity index is 1450. The van der Waals surface area contributed by atoms with E-state index in [1.807, 2.05) is 6.08 Å². The molecule has 3 N–H and O–H groups in total. The molecule has 0 fully saturated rings. The number of hydrogen-bond acceptors (Lipinski definition) is 5. The Kier molecular flexibility index (Phi) is 80.3. The van der Waals surface area contributed by atoms with Gasteiger partial charge in [-0.05, 0) is 57.8 Å². The van der Waals surface area contributed by atoms with E-state index in [-0.39, 0.29) is 18.5 Å². The summed E-state index contributed by atoms with van der Waals surface area (Å²) in [4.78, 5) is 24.7. The average Bonchev–Trinajstić information content (AvgIpc) is 3.62. The number of nitrogens with one attached hydrogen (secondary N) is 1. The summed E-state index contributed by atoms with van der Waals surface area (Å²) < 4.78 is 5.51. The van der Waals surface area contributed by atoms with Crippen molar-refractivity contribution in [1.29, 1.82) is 0 Å². The monoisotopic (exact) mass is 1290 g/mol. The third kappa shape index (κ3) is 77.3. The molecule has 0 aromatic carbocycles. The summed E-state index contributed by atoms with van der Waals surface area (Å²) in [7, 11) is 0. The number of carbonyl (C=O) groups excluding carboxylic acids is 2. The van der Waals surface area contributed by atoms with E-state index < -0.39 is 12.1 Å². The van der Waals surface area contributed by atoms with Crippen molar-refractivity contribution in [3.63, 3.8) is 0 Å². The fraction of sp³-hybridized carbons (Fsp3) is 0.930. The lowest BCUT2D eigenvalue weighted by Gasteiger charge is -2.20. The number of unbranched alkanes of at least 4 members (excludes halogenated alkanes) is 68. The molecule has 546 valence electrons. The van der Waals surface area contributed by atoms with Crippen molar-refractivity contribution >= 4 is 11.9 Å². The number of carbonyl (C=O) groups is 2. The average molecular weight is 1300 g/mol. The third-order valence-electron chi connectivity index (χ3n) is 20.2. The van der Waals surface area contributed by atoms with Crippen LogP contribution in [0.5, 0.6) is 0 Å². The number of amides is 1. The maximum absolute atomic E-state index is 12.6. The number of rotatable bonds is 81. The molecule has 0 rings (SSSR count). The zero-order chi connectivity index (χ0) is 66.3. The number of aliphatic hydroxyl groups excluding tert-OH is 2. The van der Waals surface area contributed by atoms with Crippen LogP contribution in [-0.4, -0.2) is 47.4 Å². The van der Waals surface area contributed by atoms with E-state index >= 15 is 0 Å². The number of hydrogen-bond donors (Lipinski definition) is 3. The van der Waals surface area contributed by atoms with Gasteiger partial charge in [0.15, 0.2) is 0 Å². The number of aliphatic hydroxyl groups is 2. The highest BCUT2D eigenvalue weighted by atomic mass is 16.5. The molecular weight excluding hydrogens is 1130 g/mol. The summed E-state index contributed by atoms with van der Waals surface area (Å²) in [6.45, 7) is 4.96. The van der Waals surface area contributed by atoms with Gasteiger partial charge in [0.2, 0.25) is 5.91 Å². The van der Waals surface area contributed by atoms with E-state index in [0.29, 0.717) is 19.4 Å². The summed E-state index contributed by atoms with van der Waals surface area (Å²) in [6, 6.07) is -0.624. The number of ether oxygens (including phenoxy) is 1. The lowest BCUT2D eigenvalue weighted by atomic mass is 10.0. The second kappa shape index (κ2) is 81.8. The van der Waals surface area contributed by atoms with Gasteiger partial charge in [-0.25, -0.2) is 0 Å². The highest BCUT2D eigenvalue weighted by Gasteiger charge is 2.18. The molecule has 0 heterocycles. The summed E-state index contributed by atoms with van der Waals surface area (Å²) in [5.41, 5.74) is 0. The lowest BCUT2D eigenvalue weighted by Crippen LogP contribution is -2.45. The summed E-state index contributed by atoms with van der Waals surface area (Å²) in [6.07, 6.45) is 106. The smallest absolute Gasteiger partial charge is 0.305 e. The van der Waals surface area contributed by atoms with Crippen LogP contribution in [0.1, 0.15) is 489 Å². The second-order valence-corrected chi connectivity index (χ2v) is 29.5. The van der Waals surface area contributed by atoms with Gasteiger partial charge < -0.3 is 20.3 Å². The first-order chi connectivity index (χ1) is 45.5. The van der Waals surface area contributed by atoms with E-state index in [9.17, 15) is 19.8 Å². The molecule has 6 nitrogen and oxygen atoms in total. The number of esters is 1. The normalized spacial score (nSPS) is 12.5. The molecule has 0 aliphatic rings. The zero-order valence-electron chi connectivity index (χ0n) is 62.8. The molecule has 6 heteroatoms. The van der Waals surface area contributed by atoms with Crippen molar-refractivity contribution in [2.75, 3.05) is 13.2 Å². The van der Waals surface area contributed by atoms with Gasteiger partial charge in [-0.2, -0.15) is 0 Å². The Hall–Kier alpha value is -1.66. The Morgan fingerprint density at radius 3 is 0.772 bits per heavy atom. The van der Waals surface area contributed by atoms with Gasteiger partial charge in [-0.15, -0.1) is 0 Å². The first-order valence-electron chi connectivity index (χ1n) is 42.6. The first kappa shape index (κ1) is 90.3. The summed E-state index contributed by atoms with van der Waals surface area (Å²) in [5, 5.41) is 23.3. The molecule has 0 aliphatic heterocycles. The van der Waals surface area contributed by atoms with Crippen LogP contribution in [0.3, 0.4) is 0 Å². The molecule has 0 spiro atoms. The number of allylic oxidation sites excluding steroid dienone is 3. The minimum atomic E-state index is -0.841. The second-order valence-electron chi connectivity index (χ2n) is 29.5. The van der Waals surface area contributed by atoms with Crippen molar-refractivity contribution in [3.8, 4) is 0 Å². The van der Waals surface area contributed by atoms with E-state index in [4.69, 9.17) is 4.74 Å². The minimum Gasteiger partial charge on any atom is -0.466 e. The fourth-order valence-corrected chi connectivity index (χ4v) is 13.8. The predicted octanol–water partition coefficient (Wildman–Crippen LogP) is 28.4. The Labute approximate surface area is 577 Å². The lowest BCUT2D eigenvalue weighted by molar-refractivity contribution is -0.143. The van der Waals surface area contributed by atoms with E-state index in [1.165, 1.54) is 424 Å². The quantitative estimate of drug-likeness (QED) is 0.0320. The van der Waals surface area contributed by atoms with Crippen LogP contribution < -0.4 is 5.32 Å². The maximum Gasteiger partial charge on any atom is 0.305 e. The van der Waals surface area contributed by atoms with Gasteiger partial charge in [-0.3, -0.25) is 9.59 Å². The van der Waals surface area contributed by atoms with Crippen LogP contribution in [0.15, 0.2) is 24.3 Å². The van der Waals surface area contributed by atoms with Crippen molar-refractivity contribution < 1.29 is 24.5 Å². The van der Waals surface area contributed by atoms with Crippen LogP contribution in [0.2, 0.25) is 0 Å². The van der Waals surface area contributed by atoms with Gasteiger partial charge >= 0.3 is 5.97 Å². The fourth-order valence-electron chi connectivity index (χ4n) is 13.8. The third-order valence-corrected chi connectivity index (χ3v) is 20.2. The van der Waals surface area contributed by atoms with Crippen LogP contribution in [0.4, 0.5) is 0 Å². The SMILES string of the molecule is CCCCCCCC/C=C\CCCCCCCCCC(=O)OCCCCCCCCCCCCCCCCCCCCCCCCCCCCCCCCCCCCCCCC(=O)NC(CO)C(O)/C=C/CCCCCCCCCCCCCCCCCCCCC. The Morgan fingerprint density at radius 2 is 0.511 bits per heavy atom. The molecule has 2 unspecified atom stereocenters. The molecule has 92 heavy (non-hydrogen) atoms. The molecule has 0 saturated heterocycles. The van der Waals surface area contributed by atoms with Gasteiger partial charge in [-0.1, -0.05) is 443 Å². The van der Waals surface area contributed by atoms with Gasteiger partial charge in [0.25, 0.3) is 0 Å². The maximum atomic E-state index is 12.6. The van der Waals surface area contributed by atoms with Crippen LogP contribution in [-0.2, 0) is 14.3 Å². The molecule has 0 aliphatic carbocycles. The van der Waals surface area contributed by atoms with Crippen LogP contribution in [0.25, 0.3) is 0 Å². The molecule has 2 atom stereocenters. The highest BCUT2D eigenvalue weighted by molar-refractivity contribution is 5.76. The standard InChI is InChI=1S/C86H167NO5/c1-3-5-7-9-11-13-15-17-19-21-22-40-43-47-50-54-58-62-66-70-74-78-84(89)83(82-88)87-85(90)79-75-71-67-63-59-55-51-48-44-41-38-36-34-32-30-28-26-24-23-25-27-29-31-33-35-37-39-42-45-49-53-57-61-65-69-73-77-81-92-86(91)80-76-72-68-64-60-56-52-46-20-18-16-14-12-10-8-6-4-2/h18,20,74,78,83-84,88-89H,3-17,19,21-73,75-77,79-82H2,1-2H3,(H,87,90)/b20-18-,78-74+. The molecule has 0 bridgehead atoms. The first-order valence-corrected chi connectivity index (χ1v) is 42.6. The van der Waals surface area contributed by atoms with E-state index in [2.05, 4.69) is 31.3 Å². The van der Waals surface area contributed by atoms with Crippen molar-refractivity contribution in [2.45, 2.75) is 501 Å². The molecular formula is C86H167NO5. The van der Waals surface area contributed by atoms with Gasteiger partial charge in [0.1, 0.15) is 0 Å². The topological polar surface area (TPSA) is 95.9 Å². The molecule has 0 saturated carbocycles. The Balaban J connectivity index is 3.32. The molecule has 0 radical (unpaired) electrons. The van der Waals surface area contributed by atoms with Crippen molar-refractivity contribution in [1.82, 2.24) is 5.32 Å². The van der Waals surface area contributed by atoms with Crippen molar-refractivity contribution in [3.05, 3.63) is 24.3 Å². The van der Waals surface area contributed by atoms with Crippen molar-refractivity contribution in [2.24, 2.45) is 0 Å². The predicted molar refractivity (Wildman–Crippen MR) is 407 cm³/mol. The summed E-state index contributed by atoms with van der Waals surface area (Å²) >= 11 is 0. The summed E-state index contributed by atoms with van der Waals surface area (Å²) in [5.74, 6) is -0.0361. The molecule has 0 aromatic heterocycles. The highest BCUT2D eigenvalue weighted by Crippen LogP contribution is 2.21. The largest absolute Gasteiger partial charge is 0.466 e. The Morgan fingerprint density at radius 1 is 0.293 bits per heavy atom. The molecule has 0 aromatic rings. The van der Waals surface area contributed by atoms with Crippen LogP contribution in [0, 0.1) is 0 Å². The van der Waals surface area contributed by atoms with Crippen LogP contribution >= 0.6 is 0 Å². The van der Waals surface area contributed by atoms with Gasteiger partial charge in [0.05, 0.1) is 25.4 Å². The van der Waals surface area contributed by atoms with E-state index in [1.54, 1.807) is 6.08 Å². The van der Waals surface area contributed by atoms with E-state index in [0.717, 1.165) is 38.5 Å². The minimum absolute atomic E-state index is 0.0210. The molecule has 1 amide bonds.